The van der Waals surface area contributed by atoms with Crippen LogP contribution in [0.25, 0.3) is 0 Å². The SMILES string of the molecule is CN/C=C\C=C/C(=N)/N=N/C(C)=N/N=c1\ccccn1C. The topological polar surface area (TPSA) is 90.2 Å². The second kappa shape index (κ2) is 9.13. The molecule has 0 fully saturated rings. The largest absolute Gasteiger partial charge is 0.394 e. The molecule has 0 saturated heterocycles. The molecule has 110 valence electrons. The van der Waals surface area contributed by atoms with Crippen LogP contribution >= 0.6 is 0 Å². The minimum atomic E-state index is 0.0376. The van der Waals surface area contributed by atoms with Gasteiger partial charge in [-0.25, -0.2) is 0 Å². The van der Waals surface area contributed by atoms with Crippen LogP contribution in [-0.2, 0) is 7.05 Å². The van der Waals surface area contributed by atoms with Crippen LogP contribution in [0.15, 0.2) is 69.3 Å². The summed E-state index contributed by atoms with van der Waals surface area (Å²) in [4.78, 5) is 0. The number of pyridine rings is 1. The number of allylic oxidation sites excluding steroid dienone is 2. The van der Waals surface area contributed by atoms with Gasteiger partial charge in [0.05, 0.1) is 0 Å². The van der Waals surface area contributed by atoms with E-state index < -0.39 is 0 Å². The fourth-order valence-electron chi connectivity index (χ4n) is 1.22. The predicted octanol–water partition coefficient (Wildman–Crippen LogP) is 1.98. The molecular formula is C14H19N7. The summed E-state index contributed by atoms with van der Waals surface area (Å²) in [5, 5.41) is 26.0. The molecule has 21 heavy (non-hydrogen) atoms. The lowest BCUT2D eigenvalue weighted by Gasteiger charge is -1.95. The van der Waals surface area contributed by atoms with E-state index in [1.54, 1.807) is 32.3 Å². The first-order chi connectivity index (χ1) is 10.1. The molecule has 1 heterocycles. The molecule has 2 N–H and O–H groups in total. The zero-order valence-electron chi connectivity index (χ0n) is 12.4. The third-order valence-corrected chi connectivity index (χ3v) is 2.26. The Morgan fingerprint density at radius 3 is 2.81 bits per heavy atom. The van der Waals surface area contributed by atoms with Gasteiger partial charge in [-0.05, 0) is 37.4 Å². The third-order valence-electron chi connectivity index (χ3n) is 2.26. The number of rotatable bonds is 4. The minimum absolute atomic E-state index is 0.0376. The summed E-state index contributed by atoms with van der Waals surface area (Å²) in [6.45, 7) is 1.67. The van der Waals surface area contributed by atoms with E-state index in [0.717, 1.165) is 0 Å². The van der Waals surface area contributed by atoms with Gasteiger partial charge in [-0.2, -0.15) is 0 Å². The highest BCUT2D eigenvalue weighted by atomic mass is 15.3. The van der Waals surface area contributed by atoms with E-state index in [9.17, 15) is 0 Å². The van der Waals surface area contributed by atoms with Crippen LogP contribution in [0, 0.1) is 5.41 Å². The first-order valence-electron chi connectivity index (χ1n) is 6.34. The quantitative estimate of drug-likeness (QED) is 0.286. The van der Waals surface area contributed by atoms with Crippen molar-refractivity contribution in [1.29, 1.82) is 5.41 Å². The van der Waals surface area contributed by atoms with Gasteiger partial charge >= 0.3 is 0 Å². The molecule has 0 unspecified atom stereocenters. The molecule has 7 nitrogen and oxygen atoms in total. The zero-order chi connectivity index (χ0) is 15.5. The lowest BCUT2D eigenvalue weighted by Crippen LogP contribution is -2.15. The van der Waals surface area contributed by atoms with Crippen molar-refractivity contribution >= 4 is 11.7 Å². The number of amidine groups is 2. The van der Waals surface area contributed by atoms with Gasteiger partial charge in [0.1, 0.15) is 0 Å². The summed E-state index contributed by atoms with van der Waals surface area (Å²) in [6.07, 6.45) is 8.60. The fraction of sp³-hybridized carbons (Fsp3) is 0.214. The van der Waals surface area contributed by atoms with Crippen LogP contribution in [0.1, 0.15) is 6.92 Å². The van der Waals surface area contributed by atoms with Crippen LogP contribution < -0.4 is 10.8 Å². The molecule has 1 aromatic rings. The summed E-state index contributed by atoms with van der Waals surface area (Å²) in [7, 11) is 3.68. The maximum absolute atomic E-state index is 7.56. The summed E-state index contributed by atoms with van der Waals surface area (Å²) in [5.41, 5.74) is 0.708. The highest BCUT2D eigenvalue weighted by Crippen LogP contribution is 1.88. The van der Waals surface area contributed by atoms with Crippen molar-refractivity contribution in [3.63, 3.8) is 0 Å². The van der Waals surface area contributed by atoms with Crippen LogP contribution in [-0.4, -0.2) is 23.3 Å². The van der Waals surface area contributed by atoms with Crippen molar-refractivity contribution in [2.45, 2.75) is 6.92 Å². The highest BCUT2D eigenvalue weighted by Gasteiger charge is 1.89. The van der Waals surface area contributed by atoms with Crippen molar-refractivity contribution in [2.24, 2.45) is 27.5 Å². The summed E-state index contributed by atoms with van der Waals surface area (Å²) in [5.74, 6) is 0.415. The average molecular weight is 285 g/mol. The second-order valence-corrected chi connectivity index (χ2v) is 4.01. The van der Waals surface area contributed by atoms with E-state index in [1.165, 1.54) is 6.08 Å². The summed E-state index contributed by atoms with van der Waals surface area (Å²) in [6, 6.07) is 5.63. The highest BCUT2D eigenvalue weighted by molar-refractivity contribution is 5.92. The van der Waals surface area contributed by atoms with Crippen LogP contribution in [0.5, 0.6) is 0 Å². The van der Waals surface area contributed by atoms with Crippen LogP contribution in [0.4, 0.5) is 0 Å². The molecule has 0 saturated carbocycles. The summed E-state index contributed by atoms with van der Waals surface area (Å²) < 4.78 is 1.84. The van der Waals surface area contributed by atoms with Crippen molar-refractivity contribution in [2.75, 3.05) is 7.05 Å². The smallest absolute Gasteiger partial charge is 0.170 e. The number of azo groups is 1. The van der Waals surface area contributed by atoms with Gasteiger partial charge in [0.15, 0.2) is 17.2 Å². The van der Waals surface area contributed by atoms with E-state index in [0.29, 0.717) is 11.3 Å². The Morgan fingerprint density at radius 1 is 1.29 bits per heavy atom. The Morgan fingerprint density at radius 2 is 2.10 bits per heavy atom. The number of aromatic nitrogens is 1. The first-order valence-corrected chi connectivity index (χ1v) is 6.34. The molecule has 0 spiro atoms. The molecule has 0 radical (unpaired) electrons. The Balaban J connectivity index is 2.68. The lowest BCUT2D eigenvalue weighted by molar-refractivity contribution is 0.815. The Bertz CT molecular complexity index is 647. The Kier molecular flexibility index (Phi) is 7.06. The van der Waals surface area contributed by atoms with Crippen LogP contribution in [0.3, 0.4) is 0 Å². The maximum Gasteiger partial charge on any atom is 0.170 e. The molecule has 0 aromatic carbocycles. The van der Waals surface area contributed by atoms with Gasteiger partial charge in [0.25, 0.3) is 0 Å². The Hall–Kier alpha value is -2.83. The molecule has 7 heteroatoms. The van der Waals surface area contributed by atoms with Crippen molar-refractivity contribution in [3.8, 4) is 0 Å². The monoisotopic (exact) mass is 285 g/mol. The number of nitrogens with one attached hydrogen (secondary N) is 2. The van der Waals surface area contributed by atoms with E-state index in [2.05, 4.69) is 25.7 Å². The number of aryl methyl sites for hydroxylation is 1. The lowest BCUT2D eigenvalue weighted by atomic mass is 10.4. The van der Waals surface area contributed by atoms with Gasteiger partial charge in [-0.1, -0.05) is 12.1 Å². The van der Waals surface area contributed by atoms with Crippen molar-refractivity contribution in [3.05, 3.63) is 54.3 Å². The molecule has 0 aliphatic heterocycles. The average Bonchev–Trinajstić information content (AvgIpc) is 2.48. The minimum Gasteiger partial charge on any atom is -0.394 e. The number of nitrogens with zero attached hydrogens (tertiary/aromatic N) is 5. The third kappa shape index (κ3) is 6.76. The first kappa shape index (κ1) is 16.2. The second-order valence-electron chi connectivity index (χ2n) is 4.01. The van der Waals surface area contributed by atoms with Crippen molar-refractivity contribution < 1.29 is 0 Å². The molecule has 0 atom stereocenters. The number of hydrogen-bond donors (Lipinski definition) is 2. The van der Waals surface area contributed by atoms with E-state index in [-0.39, 0.29) is 5.84 Å². The van der Waals surface area contributed by atoms with Gasteiger partial charge < -0.3 is 9.88 Å². The van der Waals surface area contributed by atoms with E-state index >= 15 is 0 Å². The number of hydrogen-bond acceptors (Lipinski definition) is 4. The van der Waals surface area contributed by atoms with Crippen molar-refractivity contribution in [1.82, 2.24) is 9.88 Å². The van der Waals surface area contributed by atoms with Gasteiger partial charge in [0.2, 0.25) is 0 Å². The molecule has 0 amide bonds. The normalized spacial score (nSPS) is 13.7. The van der Waals surface area contributed by atoms with Gasteiger partial charge in [-0.3, -0.25) is 5.41 Å². The fourth-order valence-corrected chi connectivity index (χ4v) is 1.22. The molecule has 0 bridgehead atoms. The van der Waals surface area contributed by atoms with Crippen LogP contribution in [0.2, 0.25) is 0 Å². The molecule has 1 rings (SSSR count). The molecular weight excluding hydrogens is 266 g/mol. The van der Waals surface area contributed by atoms with Gasteiger partial charge in [0, 0.05) is 20.3 Å². The van der Waals surface area contributed by atoms with E-state index in [4.69, 9.17) is 5.41 Å². The summed E-state index contributed by atoms with van der Waals surface area (Å²) >= 11 is 0. The molecule has 1 aromatic heterocycles. The predicted molar refractivity (Wildman–Crippen MR) is 84.0 cm³/mol. The standard InChI is InChI=1S/C14H19N7/c1-12(17-19-13(15)8-4-6-10-16-2)18-20-14-9-5-7-11-21(14)3/h4-11,15-16H,1-3H3/b8-4-,10-6-,15-13?,18-12+,19-17+,20-14+. The van der Waals surface area contributed by atoms with E-state index in [1.807, 2.05) is 36.0 Å². The maximum atomic E-state index is 7.56. The Labute approximate surface area is 123 Å². The van der Waals surface area contributed by atoms with Gasteiger partial charge in [-0.15, -0.1) is 20.4 Å². The zero-order valence-corrected chi connectivity index (χ0v) is 12.4. The molecule has 0 aliphatic rings. The molecule has 0 aliphatic carbocycles.